The normalized spacial score (nSPS) is 10.5. The average molecular weight is 593 g/mol. The molecule has 3 aromatic rings. The van der Waals surface area contributed by atoms with Crippen molar-refractivity contribution in [3.8, 4) is 17.9 Å². The number of hydrogen-bond donors (Lipinski definition) is 3. The predicted molar refractivity (Wildman–Crippen MR) is 174 cm³/mol. The van der Waals surface area contributed by atoms with Crippen LogP contribution in [-0.2, 0) is 16.1 Å². The zero-order valence-corrected chi connectivity index (χ0v) is 25.6. The number of nitrogens with zero attached hydrogens (tertiary/aromatic N) is 5. The van der Waals surface area contributed by atoms with E-state index < -0.39 is 0 Å². The first-order valence-electron chi connectivity index (χ1n) is 14.7. The molecular weight excluding hydrogens is 552 g/mol. The fourth-order valence-electron chi connectivity index (χ4n) is 3.95. The molecule has 0 aliphatic heterocycles. The van der Waals surface area contributed by atoms with Gasteiger partial charge in [0, 0.05) is 44.4 Å². The minimum atomic E-state index is -0.215. The monoisotopic (exact) mass is 592 g/mol. The molecule has 3 rings (SSSR count). The van der Waals surface area contributed by atoms with Crippen LogP contribution < -0.4 is 16.0 Å². The Morgan fingerprint density at radius 2 is 1.82 bits per heavy atom. The number of rotatable bonds is 15. The lowest BCUT2D eigenvalue weighted by molar-refractivity contribution is -0.132. The lowest BCUT2D eigenvalue weighted by atomic mass is 10.2. The number of carbonyl (C=O) groups is 2. The fourth-order valence-corrected chi connectivity index (χ4v) is 3.95. The molecule has 0 unspecified atom stereocenters. The smallest absolute Gasteiger partial charge is 0.247 e. The maximum absolute atomic E-state index is 12.8. The van der Waals surface area contributed by atoms with E-state index in [1.165, 1.54) is 6.08 Å². The van der Waals surface area contributed by atoms with Crippen molar-refractivity contribution in [1.82, 2.24) is 25.1 Å². The van der Waals surface area contributed by atoms with Crippen LogP contribution in [0, 0.1) is 23.2 Å². The highest BCUT2D eigenvalue weighted by atomic mass is 16.2. The zero-order valence-electron chi connectivity index (χ0n) is 25.6. The molecule has 0 aliphatic rings. The molecule has 1 aromatic heterocycles. The molecule has 2 aromatic carbocycles. The molecule has 228 valence electrons. The number of likely N-dealkylation sites (N-methyl/N-ethyl adjacent to an activating group) is 1. The summed E-state index contributed by atoms with van der Waals surface area (Å²) in [6.07, 6.45) is 7.15. The molecule has 3 N–H and O–H groups in total. The summed E-state index contributed by atoms with van der Waals surface area (Å²) in [5, 5.41) is 18.4. The molecule has 0 bridgehead atoms. The second-order valence-corrected chi connectivity index (χ2v) is 10.3. The van der Waals surface area contributed by atoms with Crippen LogP contribution in [0.3, 0.4) is 0 Å². The molecule has 10 nitrogen and oxygen atoms in total. The van der Waals surface area contributed by atoms with Crippen molar-refractivity contribution in [2.75, 3.05) is 50.9 Å². The zero-order chi connectivity index (χ0) is 31.6. The van der Waals surface area contributed by atoms with Crippen LogP contribution >= 0.6 is 0 Å². The predicted octanol–water partition coefficient (Wildman–Crippen LogP) is 4.31. The molecule has 0 fully saturated rings. The van der Waals surface area contributed by atoms with Gasteiger partial charge in [-0.15, -0.1) is 0 Å². The molecule has 10 heteroatoms. The number of hydrogen-bond acceptors (Lipinski definition) is 8. The van der Waals surface area contributed by atoms with Gasteiger partial charge in [-0.3, -0.25) is 9.59 Å². The summed E-state index contributed by atoms with van der Waals surface area (Å²) >= 11 is 0. The summed E-state index contributed by atoms with van der Waals surface area (Å²) in [6, 6.07) is 18.8. The Morgan fingerprint density at radius 1 is 1.05 bits per heavy atom. The van der Waals surface area contributed by atoms with Gasteiger partial charge in [0.15, 0.2) is 0 Å². The molecule has 0 saturated carbocycles. The number of amides is 2. The number of nitriles is 1. The largest absolute Gasteiger partial charge is 0.369 e. The summed E-state index contributed by atoms with van der Waals surface area (Å²) in [5.41, 5.74) is 3.00. The number of benzene rings is 2. The second-order valence-electron chi connectivity index (χ2n) is 10.3. The molecule has 44 heavy (non-hydrogen) atoms. The molecule has 0 spiro atoms. The van der Waals surface area contributed by atoms with Gasteiger partial charge in [-0.05, 0) is 56.8 Å². The third-order valence-electron chi connectivity index (χ3n) is 6.22. The van der Waals surface area contributed by atoms with Crippen molar-refractivity contribution in [2.45, 2.75) is 32.7 Å². The van der Waals surface area contributed by atoms with Gasteiger partial charge in [0.1, 0.15) is 12.4 Å². The van der Waals surface area contributed by atoms with Crippen LogP contribution in [0.4, 0.5) is 17.5 Å². The van der Waals surface area contributed by atoms with E-state index >= 15 is 0 Å². The van der Waals surface area contributed by atoms with Crippen molar-refractivity contribution in [3.05, 3.63) is 89.6 Å². The van der Waals surface area contributed by atoms with Crippen LogP contribution in [0.1, 0.15) is 42.9 Å². The van der Waals surface area contributed by atoms with Crippen LogP contribution in [-0.4, -0.2) is 71.9 Å². The van der Waals surface area contributed by atoms with E-state index in [0.717, 1.165) is 24.2 Å². The quantitative estimate of drug-likeness (QED) is 0.135. The van der Waals surface area contributed by atoms with Crippen LogP contribution in [0.2, 0.25) is 0 Å². The maximum atomic E-state index is 12.8. The summed E-state index contributed by atoms with van der Waals surface area (Å²) < 4.78 is 0. The minimum absolute atomic E-state index is 0.0294. The first-order valence-corrected chi connectivity index (χ1v) is 14.7. The number of unbranched alkanes of at least 4 members (excludes halogenated alkanes) is 1. The highest BCUT2D eigenvalue weighted by Gasteiger charge is 2.15. The second kappa shape index (κ2) is 18.4. The average Bonchev–Trinajstić information content (AvgIpc) is 3.02. The highest BCUT2D eigenvalue weighted by molar-refractivity contribution is 5.91. The molecule has 2 amide bonds. The maximum Gasteiger partial charge on any atom is 0.247 e. The Labute approximate surface area is 260 Å². The van der Waals surface area contributed by atoms with E-state index in [1.54, 1.807) is 41.4 Å². The van der Waals surface area contributed by atoms with E-state index in [2.05, 4.69) is 50.8 Å². The van der Waals surface area contributed by atoms with Gasteiger partial charge in [0.25, 0.3) is 0 Å². The Kier molecular flexibility index (Phi) is 13.9. The van der Waals surface area contributed by atoms with Crippen molar-refractivity contribution < 1.29 is 9.59 Å². The summed E-state index contributed by atoms with van der Waals surface area (Å²) in [4.78, 5) is 38.0. The Morgan fingerprint density at radius 3 is 2.52 bits per heavy atom. The molecule has 0 aliphatic carbocycles. The van der Waals surface area contributed by atoms with Crippen molar-refractivity contribution in [2.24, 2.45) is 0 Å². The molecular formula is C34H40N8O2. The topological polar surface area (TPSA) is 126 Å². The molecule has 0 atom stereocenters. The SMILES string of the molecule is CCCNc1nc(Nc2ccc(C#N)cc2)ncc1C#CCCCNC(=O)CN(Cc1ccccc1)C(=O)C=CCN(C)C. The molecule has 0 radical (unpaired) electrons. The number of nitrogens with one attached hydrogen (secondary N) is 3. The lowest BCUT2D eigenvalue weighted by Crippen LogP contribution is -2.40. The van der Waals surface area contributed by atoms with E-state index in [-0.39, 0.29) is 18.4 Å². The van der Waals surface area contributed by atoms with Crippen LogP contribution in [0.15, 0.2) is 72.9 Å². The Hall–Kier alpha value is -5.19. The molecule has 0 saturated heterocycles. The van der Waals surface area contributed by atoms with Gasteiger partial charge >= 0.3 is 0 Å². The van der Waals surface area contributed by atoms with Gasteiger partial charge in [-0.2, -0.15) is 10.2 Å². The van der Waals surface area contributed by atoms with Gasteiger partial charge in [0.2, 0.25) is 17.8 Å². The summed E-state index contributed by atoms with van der Waals surface area (Å²) in [5.74, 6) is 6.94. The standard InChI is InChI=1S/C34H40N8O2/c1-4-20-37-33-29(24-38-34(40-33)39-30-18-16-27(23-35)17-19-30)14-9-6-10-21-36-31(43)26-42(25-28-12-7-5-8-13-28)32(44)15-11-22-41(2)3/h5,7-8,11-13,15-19,24H,4,6,10,20-22,25-26H2,1-3H3,(H,36,43)(H2,37,38,39,40). The Balaban J connectivity index is 1.53. The first-order chi connectivity index (χ1) is 21.4. The van der Waals surface area contributed by atoms with Gasteiger partial charge in [-0.1, -0.05) is 55.2 Å². The molecule has 1 heterocycles. The van der Waals surface area contributed by atoms with E-state index in [4.69, 9.17) is 5.26 Å². The van der Waals surface area contributed by atoms with Gasteiger partial charge < -0.3 is 25.8 Å². The number of aromatic nitrogens is 2. The van der Waals surface area contributed by atoms with E-state index in [9.17, 15) is 9.59 Å². The van der Waals surface area contributed by atoms with Crippen molar-refractivity contribution in [1.29, 1.82) is 5.26 Å². The van der Waals surface area contributed by atoms with E-state index in [1.807, 2.05) is 49.3 Å². The number of anilines is 3. The number of carbonyl (C=O) groups excluding carboxylic acids is 2. The van der Waals surface area contributed by atoms with Crippen LogP contribution in [0.25, 0.3) is 0 Å². The van der Waals surface area contributed by atoms with Gasteiger partial charge in [-0.25, -0.2) is 4.98 Å². The fraction of sp³-hybridized carbons (Fsp3) is 0.324. The highest BCUT2D eigenvalue weighted by Crippen LogP contribution is 2.18. The minimum Gasteiger partial charge on any atom is -0.369 e. The first kappa shape index (κ1) is 33.3. The van der Waals surface area contributed by atoms with Crippen molar-refractivity contribution >= 4 is 29.3 Å². The Bertz CT molecular complexity index is 1490. The summed E-state index contributed by atoms with van der Waals surface area (Å²) in [7, 11) is 3.86. The van der Waals surface area contributed by atoms with Gasteiger partial charge in [0.05, 0.1) is 23.4 Å². The van der Waals surface area contributed by atoms with Crippen molar-refractivity contribution in [3.63, 3.8) is 0 Å². The third kappa shape index (κ3) is 12.0. The third-order valence-corrected chi connectivity index (χ3v) is 6.22. The van der Waals surface area contributed by atoms with E-state index in [0.29, 0.717) is 55.4 Å². The lowest BCUT2D eigenvalue weighted by Gasteiger charge is -2.21. The summed E-state index contributed by atoms with van der Waals surface area (Å²) in [6.45, 7) is 4.22. The van der Waals surface area contributed by atoms with Crippen LogP contribution in [0.5, 0.6) is 0 Å².